The van der Waals surface area contributed by atoms with Crippen molar-refractivity contribution in [3.05, 3.63) is 23.0 Å². The van der Waals surface area contributed by atoms with E-state index < -0.39 is 80.3 Å². The fourth-order valence-corrected chi connectivity index (χ4v) is 10.3. The van der Waals surface area contributed by atoms with Crippen molar-refractivity contribution in [3.8, 4) is 0 Å². The first-order valence-corrected chi connectivity index (χ1v) is 18.7. The van der Waals surface area contributed by atoms with Gasteiger partial charge in [-0.2, -0.15) is 4.98 Å². The molecule has 8 N–H and O–H groups in total. The number of anilines is 2. The summed E-state index contributed by atoms with van der Waals surface area (Å²) in [6.07, 6.45) is -2.46. The Labute approximate surface area is 272 Å². The average Bonchev–Trinajstić information content (AvgIpc) is 3.80. The summed E-state index contributed by atoms with van der Waals surface area (Å²) in [6.45, 7) is -5.23. The van der Waals surface area contributed by atoms with E-state index in [1.807, 2.05) is 0 Å². The SMILES string of the molecule is Nc1nc2c(nnn2[C@H]2[C@H](O)[C@@H]3OP(=O)(O)OC[C@@]45CO[C@@H]([C@H](n6cnc7c(N)ncnc76)O4)[C@@H]5OP(O)(=S)OC[C@]34CC[C@H]24)c(=O)[nH]1. The lowest BCUT2D eigenvalue weighted by Gasteiger charge is -2.49. The van der Waals surface area contributed by atoms with Crippen molar-refractivity contribution in [3.63, 3.8) is 0 Å². The number of rotatable bonds is 2. The van der Waals surface area contributed by atoms with Crippen LogP contribution in [0.4, 0.5) is 11.8 Å². The number of hydrogen-bond donors (Lipinski definition) is 6. The molecule has 5 fully saturated rings. The van der Waals surface area contributed by atoms with Gasteiger partial charge in [0.2, 0.25) is 5.95 Å². The van der Waals surface area contributed by atoms with Gasteiger partial charge in [0.05, 0.1) is 32.2 Å². The third kappa shape index (κ3) is 4.34. The van der Waals surface area contributed by atoms with Crippen LogP contribution in [0.15, 0.2) is 17.4 Å². The number of hydrogen-bond acceptors (Lipinski definition) is 18. The number of ether oxygens (including phenoxy) is 2. The molecule has 4 aromatic heterocycles. The van der Waals surface area contributed by atoms with Crippen molar-refractivity contribution < 1.29 is 47.0 Å². The lowest BCUT2D eigenvalue weighted by molar-refractivity contribution is -0.185. The molecule has 25 heteroatoms. The van der Waals surface area contributed by atoms with E-state index in [2.05, 4.69) is 35.2 Å². The van der Waals surface area contributed by atoms with Gasteiger partial charge in [-0.3, -0.25) is 27.9 Å². The lowest BCUT2D eigenvalue weighted by atomic mass is 9.61. The highest BCUT2D eigenvalue weighted by atomic mass is 32.5. The highest BCUT2D eigenvalue weighted by Crippen LogP contribution is 2.68. The van der Waals surface area contributed by atoms with Crippen molar-refractivity contribution in [1.82, 2.24) is 44.5 Å². The molecule has 0 radical (unpaired) electrons. The molecule has 7 heterocycles. The first kappa shape index (κ1) is 31.0. The van der Waals surface area contributed by atoms with Crippen molar-refractivity contribution in [2.75, 3.05) is 31.3 Å². The van der Waals surface area contributed by atoms with E-state index in [0.29, 0.717) is 24.0 Å². The molecule has 3 aliphatic heterocycles. The number of nitrogen functional groups attached to an aromatic ring is 2. The van der Waals surface area contributed by atoms with Gasteiger partial charge in [0.25, 0.3) is 5.56 Å². The zero-order chi connectivity index (χ0) is 33.4. The molecule has 5 aliphatic rings. The van der Waals surface area contributed by atoms with Crippen LogP contribution in [0.3, 0.4) is 0 Å². The Balaban J connectivity index is 1.07. The summed E-state index contributed by atoms with van der Waals surface area (Å²) in [5, 5.41) is 19.7. The normalized spacial score (nSPS) is 42.5. The minimum absolute atomic E-state index is 0.00547. The highest BCUT2D eigenvalue weighted by Gasteiger charge is 2.70. The number of nitrogens with two attached hydrogens (primary N) is 2. The van der Waals surface area contributed by atoms with Gasteiger partial charge < -0.3 is 40.4 Å². The van der Waals surface area contributed by atoms with Crippen LogP contribution in [-0.2, 0) is 43.9 Å². The molecule has 256 valence electrons. The third-order valence-corrected chi connectivity index (χ3v) is 12.5. The summed E-state index contributed by atoms with van der Waals surface area (Å²) in [4.78, 5) is 53.9. The van der Waals surface area contributed by atoms with Gasteiger partial charge in [0.1, 0.15) is 41.9 Å². The number of fused-ring (bicyclic) bond motifs is 2. The van der Waals surface area contributed by atoms with Gasteiger partial charge >= 0.3 is 14.5 Å². The maximum absolute atomic E-state index is 13.6. The van der Waals surface area contributed by atoms with Crippen molar-refractivity contribution in [2.24, 2.45) is 11.3 Å². The topological polar surface area (TPSA) is 305 Å². The minimum atomic E-state index is -4.97. The standard InChI is InChI=1S/C23H27N11O11P2S/c24-16-9-17(27-6-26-16)33(7-28-9)20-13-15-23(43-20,4-40-13)5-41-46(37,38)44-14-12(35)11(8-1-2-22(8,14)3-42-47(39,48)45-15)34-18-10(31-32-34)19(36)30-21(25)29-18/h6-8,11-15,20,35H,1-5H2,(H,37,38)(H,39,48)(H2,24,26,27)(H3,25,29,30,36)/t8-,11-,12+,13-,14+,15+,20-,22+,23-,47?/m1/s1. The lowest BCUT2D eigenvalue weighted by Crippen LogP contribution is -2.51. The Morgan fingerprint density at radius 1 is 1.06 bits per heavy atom. The van der Waals surface area contributed by atoms with Crippen molar-refractivity contribution in [2.45, 2.75) is 55.1 Å². The Bertz CT molecular complexity index is 2150. The number of aliphatic hydroxyl groups is 1. The van der Waals surface area contributed by atoms with E-state index in [9.17, 15) is 24.3 Å². The molecule has 4 aromatic rings. The van der Waals surface area contributed by atoms with Crippen molar-refractivity contribution in [1.29, 1.82) is 0 Å². The fourth-order valence-electron chi connectivity index (χ4n) is 7.78. The van der Waals surface area contributed by atoms with Gasteiger partial charge in [-0.1, -0.05) is 5.21 Å². The second-order valence-electron chi connectivity index (χ2n) is 12.5. The molecule has 2 bridgehead atoms. The van der Waals surface area contributed by atoms with Crippen LogP contribution in [0.25, 0.3) is 22.3 Å². The minimum Gasteiger partial charge on any atom is -0.388 e. The monoisotopic (exact) mass is 727 g/mol. The summed E-state index contributed by atoms with van der Waals surface area (Å²) in [6, 6.07) is -0.956. The third-order valence-electron chi connectivity index (χ3n) is 10.0. The van der Waals surface area contributed by atoms with Crippen LogP contribution in [0.2, 0.25) is 0 Å². The van der Waals surface area contributed by atoms with E-state index in [1.165, 1.54) is 21.9 Å². The number of nitrogens with one attached hydrogen (secondary N) is 1. The van der Waals surface area contributed by atoms with Gasteiger partial charge in [-0.15, -0.1) is 5.10 Å². The molecular weight excluding hydrogens is 700 g/mol. The molecule has 22 nitrogen and oxygen atoms in total. The molecule has 2 unspecified atom stereocenters. The summed E-state index contributed by atoms with van der Waals surface area (Å²) in [5.74, 6) is -0.591. The van der Waals surface area contributed by atoms with Gasteiger partial charge in [0.15, 0.2) is 28.9 Å². The number of imidazole rings is 1. The molecular formula is C23H27N11O11P2S. The summed E-state index contributed by atoms with van der Waals surface area (Å²) >= 11 is 5.48. The van der Waals surface area contributed by atoms with Gasteiger partial charge in [0, 0.05) is 5.41 Å². The summed E-state index contributed by atoms with van der Waals surface area (Å²) < 4.78 is 52.1. The first-order valence-electron chi connectivity index (χ1n) is 14.6. The van der Waals surface area contributed by atoms with Crippen LogP contribution >= 0.6 is 14.5 Å². The molecule has 3 saturated heterocycles. The van der Waals surface area contributed by atoms with E-state index >= 15 is 0 Å². The smallest absolute Gasteiger partial charge is 0.388 e. The fraction of sp³-hybridized carbons (Fsp3) is 0.609. The molecule has 1 spiro atoms. The number of H-pyrrole nitrogens is 1. The van der Waals surface area contributed by atoms with Crippen molar-refractivity contribution >= 4 is 60.4 Å². The zero-order valence-electron chi connectivity index (χ0n) is 24.4. The van der Waals surface area contributed by atoms with Crippen LogP contribution < -0.4 is 17.0 Å². The molecule has 9 rings (SSSR count). The number of phosphoric acid groups is 1. The van der Waals surface area contributed by atoms with E-state index in [-0.39, 0.29) is 36.1 Å². The molecule has 0 amide bonds. The predicted molar refractivity (Wildman–Crippen MR) is 161 cm³/mol. The van der Waals surface area contributed by atoms with E-state index in [0.717, 1.165) is 0 Å². The van der Waals surface area contributed by atoms with Crippen LogP contribution in [0.5, 0.6) is 0 Å². The maximum atomic E-state index is 13.6. The zero-order valence-corrected chi connectivity index (χ0v) is 27.0. The van der Waals surface area contributed by atoms with Gasteiger partial charge in [-0.05, 0) is 30.6 Å². The number of aliphatic hydroxyl groups excluding tert-OH is 1. The highest BCUT2D eigenvalue weighted by molar-refractivity contribution is 8.07. The van der Waals surface area contributed by atoms with Gasteiger partial charge in [-0.25, -0.2) is 24.2 Å². The van der Waals surface area contributed by atoms with Crippen LogP contribution in [0, 0.1) is 11.3 Å². The number of nitrogens with zero attached hydrogens (tertiary/aromatic N) is 8. The molecule has 48 heavy (non-hydrogen) atoms. The van der Waals surface area contributed by atoms with Crippen LogP contribution in [0.1, 0.15) is 25.1 Å². The van der Waals surface area contributed by atoms with E-state index in [1.54, 1.807) is 0 Å². The molecule has 11 atom stereocenters. The van der Waals surface area contributed by atoms with E-state index in [4.69, 9.17) is 50.8 Å². The molecule has 2 saturated carbocycles. The maximum Gasteiger partial charge on any atom is 0.472 e. The first-order chi connectivity index (χ1) is 22.8. The predicted octanol–water partition coefficient (Wildman–Crippen LogP) is -1.37. The second kappa shape index (κ2) is 10.2. The Hall–Kier alpha value is -3.05. The molecule has 2 aliphatic carbocycles. The Morgan fingerprint density at radius 2 is 1.90 bits per heavy atom. The molecule has 0 aromatic carbocycles. The number of aromatic amines is 1. The number of phosphoric ester groups is 1. The quantitative estimate of drug-likeness (QED) is 0.130. The Kier molecular flexibility index (Phi) is 6.61. The largest absolute Gasteiger partial charge is 0.472 e. The van der Waals surface area contributed by atoms with Crippen LogP contribution in [-0.4, -0.2) is 109 Å². The summed E-state index contributed by atoms with van der Waals surface area (Å²) in [5.41, 5.74) is 8.83. The second-order valence-corrected chi connectivity index (χ2v) is 16.7. The Morgan fingerprint density at radius 3 is 2.69 bits per heavy atom. The number of aromatic nitrogens is 9. The average molecular weight is 728 g/mol. The summed E-state index contributed by atoms with van der Waals surface area (Å²) in [7, 11) is -4.97.